The molecule has 0 aromatic heterocycles. The molecule has 0 radical (unpaired) electrons. The molecule has 4 fully saturated rings. The van der Waals surface area contributed by atoms with Crippen LogP contribution in [-0.2, 0) is 9.53 Å². The first-order chi connectivity index (χ1) is 8.17. The van der Waals surface area contributed by atoms with E-state index in [1.54, 1.807) is 0 Å². The van der Waals surface area contributed by atoms with Gasteiger partial charge < -0.3 is 4.74 Å². The maximum atomic E-state index is 11.8. The lowest BCUT2D eigenvalue weighted by Gasteiger charge is -2.53. The lowest BCUT2D eigenvalue weighted by atomic mass is 9.55. The minimum absolute atomic E-state index is 0.183. The Morgan fingerprint density at radius 2 is 1.71 bits per heavy atom. The Morgan fingerprint density at radius 1 is 1.18 bits per heavy atom. The first-order valence-electron chi connectivity index (χ1n) is 7.02. The third-order valence-electron chi connectivity index (χ3n) is 5.01. The van der Waals surface area contributed by atoms with E-state index in [0.717, 1.165) is 11.8 Å². The second-order valence-corrected chi connectivity index (χ2v) is 6.73. The van der Waals surface area contributed by atoms with Crippen LogP contribution in [0.4, 0.5) is 0 Å². The minimum Gasteiger partial charge on any atom is -0.461 e. The highest BCUT2D eigenvalue weighted by Crippen LogP contribution is 2.54. The van der Waals surface area contributed by atoms with Crippen molar-refractivity contribution in [1.82, 2.24) is 0 Å². The molecule has 2 nitrogen and oxygen atoms in total. The van der Waals surface area contributed by atoms with Crippen molar-refractivity contribution in [2.24, 2.45) is 23.7 Å². The number of hydrogen-bond donors (Lipinski definition) is 0. The fourth-order valence-corrected chi connectivity index (χ4v) is 4.49. The van der Waals surface area contributed by atoms with Gasteiger partial charge in [-0.15, -0.1) is 11.6 Å². The van der Waals surface area contributed by atoms with Gasteiger partial charge in [0.2, 0.25) is 0 Å². The van der Waals surface area contributed by atoms with Gasteiger partial charge in [-0.3, -0.25) is 4.79 Å². The number of carbonyl (C=O) groups excluding carboxylic acids is 1. The highest BCUT2D eigenvalue weighted by Gasteiger charge is 2.50. The molecule has 4 saturated carbocycles. The molecule has 0 aromatic rings. The standard InChI is InChI=1S/C14H21ClO2/c1-2-12(15)14(16)17-13-10-4-8-3-9(6-10)7-11(13)5-8/h8-13H,2-7H2,1H3. The second kappa shape index (κ2) is 4.46. The van der Waals surface area contributed by atoms with E-state index in [2.05, 4.69) is 0 Å². The van der Waals surface area contributed by atoms with Crippen LogP contribution < -0.4 is 0 Å². The van der Waals surface area contributed by atoms with Gasteiger partial charge in [0, 0.05) is 0 Å². The van der Waals surface area contributed by atoms with Gasteiger partial charge in [0.1, 0.15) is 11.5 Å². The topological polar surface area (TPSA) is 26.3 Å². The monoisotopic (exact) mass is 256 g/mol. The summed E-state index contributed by atoms with van der Waals surface area (Å²) >= 11 is 5.95. The van der Waals surface area contributed by atoms with E-state index < -0.39 is 5.38 Å². The smallest absolute Gasteiger partial charge is 0.324 e. The van der Waals surface area contributed by atoms with E-state index in [1.165, 1.54) is 32.1 Å². The van der Waals surface area contributed by atoms with Crippen molar-refractivity contribution < 1.29 is 9.53 Å². The average molecular weight is 257 g/mol. The van der Waals surface area contributed by atoms with Crippen molar-refractivity contribution in [2.75, 3.05) is 0 Å². The number of carbonyl (C=O) groups is 1. The molecule has 1 unspecified atom stereocenters. The highest BCUT2D eigenvalue weighted by molar-refractivity contribution is 6.29. The van der Waals surface area contributed by atoms with E-state index in [9.17, 15) is 4.79 Å². The van der Waals surface area contributed by atoms with Crippen LogP contribution in [0.3, 0.4) is 0 Å². The molecule has 1 atom stereocenters. The predicted molar refractivity (Wildman–Crippen MR) is 66.9 cm³/mol. The fraction of sp³-hybridized carbons (Fsp3) is 0.929. The van der Waals surface area contributed by atoms with Crippen molar-refractivity contribution in [3.05, 3.63) is 0 Å². The summed E-state index contributed by atoms with van der Waals surface area (Å²) in [4.78, 5) is 11.8. The van der Waals surface area contributed by atoms with E-state index in [0.29, 0.717) is 18.3 Å². The molecule has 4 aliphatic carbocycles. The van der Waals surface area contributed by atoms with Crippen LogP contribution in [0.2, 0.25) is 0 Å². The SMILES string of the molecule is CCC(Cl)C(=O)OC1C2CC3CC(C2)CC1C3. The van der Waals surface area contributed by atoms with Crippen LogP contribution in [0.5, 0.6) is 0 Å². The van der Waals surface area contributed by atoms with Gasteiger partial charge in [0.05, 0.1) is 0 Å². The maximum absolute atomic E-state index is 11.8. The largest absolute Gasteiger partial charge is 0.461 e. The lowest BCUT2D eigenvalue weighted by molar-refractivity contribution is -0.170. The molecule has 4 rings (SSSR count). The Hall–Kier alpha value is -0.240. The van der Waals surface area contributed by atoms with Crippen LogP contribution >= 0.6 is 11.6 Å². The van der Waals surface area contributed by atoms with Gasteiger partial charge in [-0.1, -0.05) is 6.92 Å². The molecule has 0 N–H and O–H groups in total. The van der Waals surface area contributed by atoms with E-state index in [-0.39, 0.29) is 12.1 Å². The number of rotatable bonds is 3. The summed E-state index contributed by atoms with van der Waals surface area (Å²) in [6, 6.07) is 0. The molecule has 0 spiro atoms. The molecule has 4 aliphatic rings. The first kappa shape index (κ1) is 11.8. The Morgan fingerprint density at radius 3 is 2.18 bits per heavy atom. The van der Waals surface area contributed by atoms with Crippen LogP contribution in [0.25, 0.3) is 0 Å². The number of halogens is 1. The summed E-state index contributed by atoms with van der Waals surface area (Å²) in [5.74, 6) is 2.93. The zero-order valence-corrected chi connectivity index (χ0v) is 11.2. The third kappa shape index (κ3) is 2.09. The van der Waals surface area contributed by atoms with Gasteiger partial charge >= 0.3 is 5.97 Å². The summed E-state index contributed by atoms with van der Waals surface area (Å²) in [6.07, 6.45) is 7.40. The summed E-state index contributed by atoms with van der Waals surface area (Å²) in [5.41, 5.74) is 0. The van der Waals surface area contributed by atoms with Gasteiger partial charge in [0.15, 0.2) is 0 Å². The summed E-state index contributed by atoms with van der Waals surface area (Å²) in [5, 5.41) is -0.452. The lowest BCUT2D eigenvalue weighted by Crippen LogP contribution is -2.50. The highest BCUT2D eigenvalue weighted by atomic mass is 35.5. The van der Waals surface area contributed by atoms with Crippen LogP contribution in [0.1, 0.15) is 45.4 Å². The summed E-state index contributed by atoms with van der Waals surface area (Å²) < 4.78 is 5.71. The molecular weight excluding hydrogens is 236 g/mol. The van der Waals surface area contributed by atoms with Gasteiger partial charge in [0.25, 0.3) is 0 Å². The van der Waals surface area contributed by atoms with Crippen LogP contribution in [0, 0.1) is 23.7 Å². The first-order valence-corrected chi connectivity index (χ1v) is 7.45. The van der Waals surface area contributed by atoms with Crippen molar-refractivity contribution in [3.8, 4) is 0 Å². The second-order valence-electron chi connectivity index (χ2n) is 6.21. The molecule has 3 heteroatoms. The van der Waals surface area contributed by atoms with Crippen molar-refractivity contribution in [2.45, 2.75) is 56.9 Å². The van der Waals surface area contributed by atoms with Gasteiger partial charge in [-0.2, -0.15) is 0 Å². The summed E-state index contributed by atoms with van der Waals surface area (Å²) in [7, 11) is 0. The molecule has 0 saturated heterocycles. The van der Waals surface area contributed by atoms with Gasteiger partial charge in [-0.25, -0.2) is 0 Å². The number of alkyl halides is 1. The third-order valence-corrected chi connectivity index (χ3v) is 5.49. The van der Waals surface area contributed by atoms with E-state index >= 15 is 0 Å². The molecule has 17 heavy (non-hydrogen) atoms. The van der Waals surface area contributed by atoms with Crippen molar-refractivity contribution >= 4 is 17.6 Å². The molecule has 0 aliphatic heterocycles. The Kier molecular flexibility index (Phi) is 3.10. The summed E-state index contributed by atoms with van der Waals surface area (Å²) in [6.45, 7) is 1.93. The Balaban J connectivity index is 1.66. The number of hydrogen-bond acceptors (Lipinski definition) is 2. The predicted octanol–water partition coefficient (Wildman–Crippen LogP) is 3.37. The minimum atomic E-state index is -0.452. The fourth-order valence-electron chi connectivity index (χ4n) is 4.44. The molecule has 0 amide bonds. The normalized spacial score (nSPS) is 44.7. The number of esters is 1. The zero-order valence-electron chi connectivity index (χ0n) is 10.4. The van der Waals surface area contributed by atoms with E-state index in [1.807, 2.05) is 6.92 Å². The Labute approximate surface area is 108 Å². The van der Waals surface area contributed by atoms with Crippen LogP contribution in [-0.4, -0.2) is 17.5 Å². The molecule has 0 heterocycles. The van der Waals surface area contributed by atoms with E-state index in [4.69, 9.17) is 16.3 Å². The number of ether oxygens (including phenoxy) is 1. The quantitative estimate of drug-likeness (QED) is 0.572. The molecular formula is C14H21ClO2. The van der Waals surface area contributed by atoms with Crippen molar-refractivity contribution in [3.63, 3.8) is 0 Å². The molecule has 4 bridgehead atoms. The van der Waals surface area contributed by atoms with Crippen LogP contribution in [0.15, 0.2) is 0 Å². The van der Waals surface area contributed by atoms with Crippen molar-refractivity contribution in [1.29, 1.82) is 0 Å². The zero-order chi connectivity index (χ0) is 12.0. The Bertz CT molecular complexity index is 287. The average Bonchev–Trinajstić information content (AvgIpc) is 2.31. The molecule has 96 valence electrons. The van der Waals surface area contributed by atoms with Gasteiger partial charge in [-0.05, 0) is 62.2 Å². The maximum Gasteiger partial charge on any atom is 0.324 e. The molecule has 0 aromatic carbocycles.